The number of hydrogen-bond acceptors (Lipinski definition) is 3. The van der Waals surface area contributed by atoms with E-state index in [1.165, 1.54) is 6.26 Å². The van der Waals surface area contributed by atoms with Crippen LogP contribution in [0.15, 0.2) is 0 Å². The van der Waals surface area contributed by atoms with Crippen molar-refractivity contribution < 1.29 is 13.5 Å². The molecule has 0 aromatic carbocycles. The van der Waals surface area contributed by atoms with Crippen molar-refractivity contribution >= 4 is 10.0 Å². The zero-order valence-electron chi connectivity index (χ0n) is 7.94. The van der Waals surface area contributed by atoms with Crippen molar-refractivity contribution in [3.05, 3.63) is 0 Å². The Hall–Kier alpha value is -0.130. The Morgan fingerprint density at radius 1 is 1.54 bits per heavy atom. The largest absolute Gasteiger partial charge is 0.396 e. The quantitative estimate of drug-likeness (QED) is 0.715. The molecule has 0 aromatic heterocycles. The van der Waals surface area contributed by atoms with Gasteiger partial charge >= 0.3 is 0 Å². The van der Waals surface area contributed by atoms with Crippen LogP contribution in [0.2, 0.25) is 0 Å². The third-order valence-electron chi connectivity index (χ3n) is 2.44. The molecule has 1 saturated heterocycles. The molecule has 0 radical (unpaired) electrons. The highest BCUT2D eigenvalue weighted by atomic mass is 32.2. The van der Waals surface area contributed by atoms with Crippen molar-refractivity contribution in [2.45, 2.75) is 31.7 Å². The van der Waals surface area contributed by atoms with Gasteiger partial charge in [0.2, 0.25) is 10.0 Å². The van der Waals surface area contributed by atoms with Crippen LogP contribution in [0.3, 0.4) is 0 Å². The molecule has 1 heterocycles. The van der Waals surface area contributed by atoms with Crippen LogP contribution < -0.4 is 0 Å². The number of rotatable bonds is 4. The van der Waals surface area contributed by atoms with Crippen LogP contribution in [-0.2, 0) is 10.0 Å². The molecular formula is C8H17NO3S. The zero-order valence-corrected chi connectivity index (χ0v) is 8.76. The summed E-state index contributed by atoms with van der Waals surface area (Å²) in [7, 11) is -3.03. The summed E-state index contributed by atoms with van der Waals surface area (Å²) >= 11 is 0. The first-order chi connectivity index (χ1) is 6.05. The second kappa shape index (κ2) is 4.39. The maximum absolute atomic E-state index is 11.3. The van der Waals surface area contributed by atoms with Gasteiger partial charge in [-0.2, -0.15) is 4.31 Å². The van der Waals surface area contributed by atoms with E-state index in [1.807, 2.05) is 0 Å². The van der Waals surface area contributed by atoms with E-state index in [0.717, 1.165) is 19.3 Å². The fraction of sp³-hybridized carbons (Fsp3) is 1.00. The molecule has 1 aliphatic heterocycles. The van der Waals surface area contributed by atoms with E-state index in [1.54, 1.807) is 4.31 Å². The molecule has 1 fully saturated rings. The van der Waals surface area contributed by atoms with E-state index in [2.05, 4.69) is 0 Å². The minimum Gasteiger partial charge on any atom is -0.396 e. The topological polar surface area (TPSA) is 57.6 Å². The fourth-order valence-electron chi connectivity index (χ4n) is 1.86. The van der Waals surface area contributed by atoms with Gasteiger partial charge in [0.15, 0.2) is 0 Å². The molecule has 0 amide bonds. The van der Waals surface area contributed by atoms with Crippen LogP contribution in [-0.4, -0.2) is 43.3 Å². The van der Waals surface area contributed by atoms with Crippen LogP contribution in [0.5, 0.6) is 0 Å². The summed E-state index contributed by atoms with van der Waals surface area (Å²) in [5.41, 5.74) is 0. The van der Waals surface area contributed by atoms with E-state index in [-0.39, 0.29) is 12.6 Å². The second-order valence-electron chi connectivity index (χ2n) is 3.54. The highest BCUT2D eigenvalue weighted by Crippen LogP contribution is 2.23. The van der Waals surface area contributed by atoms with Gasteiger partial charge in [-0.15, -0.1) is 0 Å². The van der Waals surface area contributed by atoms with Crippen molar-refractivity contribution in [1.82, 2.24) is 4.31 Å². The SMILES string of the molecule is CS(=O)(=O)N1CCCC1CCCO. The van der Waals surface area contributed by atoms with E-state index in [9.17, 15) is 8.42 Å². The molecule has 78 valence electrons. The normalized spacial score (nSPS) is 25.2. The number of nitrogens with zero attached hydrogens (tertiary/aromatic N) is 1. The molecule has 1 atom stereocenters. The monoisotopic (exact) mass is 207 g/mol. The summed E-state index contributed by atoms with van der Waals surface area (Å²) in [6.45, 7) is 0.795. The Labute approximate surface area is 79.6 Å². The first-order valence-electron chi connectivity index (χ1n) is 4.63. The summed E-state index contributed by atoms with van der Waals surface area (Å²) in [6, 6.07) is 0.127. The number of aliphatic hydroxyl groups excluding tert-OH is 1. The molecule has 0 aliphatic carbocycles. The Bertz CT molecular complexity index is 250. The Kier molecular flexibility index (Phi) is 3.70. The van der Waals surface area contributed by atoms with E-state index in [4.69, 9.17) is 5.11 Å². The van der Waals surface area contributed by atoms with E-state index >= 15 is 0 Å². The molecule has 4 nitrogen and oxygen atoms in total. The van der Waals surface area contributed by atoms with Gasteiger partial charge in [0.05, 0.1) is 6.26 Å². The van der Waals surface area contributed by atoms with Crippen molar-refractivity contribution in [2.75, 3.05) is 19.4 Å². The second-order valence-corrected chi connectivity index (χ2v) is 5.47. The van der Waals surface area contributed by atoms with Gasteiger partial charge in [0, 0.05) is 19.2 Å². The molecule has 1 N–H and O–H groups in total. The maximum atomic E-state index is 11.3. The van der Waals surface area contributed by atoms with Gasteiger partial charge in [-0.1, -0.05) is 0 Å². The van der Waals surface area contributed by atoms with Crippen molar-refractivity contribution in [3.63, 3.8) is 0 Å². The van der Waals surface area contributed by atoms with Gasteiger partial charge in [0.1, 0.15) is 0 Å². The van der Waals surface area contributed by atoms with Gasteiger partial charge in [-0.25, -0.2) is 8.42 Å². The highest BCUT2D eigenvalue weighted by Gasteiger charge is 2.30. The molecule has 1 unspecified atom stereocenters. The van der Waals surface area contributed by atoms with Crippen LogP contribution in [0.1, 0.15) is 25.7 Å². The first kappa shape index (κ1) is 10.9. The van der Waals surface area contributed by atoms with Gasteiger partial charge in [0.25, 0.3) is 0 Å². The number of sulfonamides is 1. The summed E-state index contributed by atoms with van der Waals surface area (Å²) in [6.07, 6.45) is 4.61. The van der Waals surface area contributed by atoms with Crippen LogP contribution in [0, 0.1) is 0 Å². The molecule has 5 heteroatoms. The smallest absolute Gasteiger partial charge is 0.211 e. The number of hydrogen-bond donors (Lipinski definition) is 1. The van der Waals surface area contributed by atoms with Crippen LogP contribution in [0.25, 0.3) is 0 Å². The lowest BCUT2D eigenvalue weighted by molar-refractivity contribution is 0.264. The third-order valence-corrected chi connectivity index (χ3v) is 3.78. The molecular weight excluding hydrogens is 190 g/mol. The summed E-state index contributed by atoms with van der Waals surface area (Å²) in [5.74, 6) is 0. The van der Waals surface area contributed by atoms with Crippen molar-refractivity contribution in [3.8, 4) is 0 Å². The molecule has 13 heavy (non-hydrogen) atoms. The van der Waals surface area contributed by atoms with Gasteiger partial charge in [-0.05, 0) is 25.7 Å². The Morgan fingerprint density at radius 2 is 2.23 bits per heavy atom. The minimum absolute atomic E-state index is 0.127. The van der Waals surface area contributed by atoms with Crippen molar-refractivity contribution in [1.29, 1.82) is 0 Å². The minimum atomic E-state index is -3.03. The Morgan fingerprint density at radius 3 is 2.77 bits per heavy atom. The number of aliphatic hydroxyl groups is 1. The lowest BCUT2D eigenvalue weighted by atomic mass is 10.1. The van der Waals surface area contributed by atoms with Gasteiger partial charge < -0.3 is 5.11 Å². The first-order valence-corrected chi connectivity index (χ1v) is 6.48. The maximum Gasteiger partial charge on any atom is 0.211 e. The molecule has 1 rings (SSSR count). The fourth-order valence-corrected chi connectivity index (χ4v) is 3.07. The Balaban J connectivity index is 2.54. The summed E-state index contributed by atoms with van der Waals surface area (Å²) in [5, 5.41) is 8.65. The zero-order chi connectivity index (χ0) is 9.90. The highest BCUT2D eigenvalue weighted by molar-refractivity contribution is 7.88. The average Bonchev–Trinajstić information content (AvgIpc) is 2.47. The van der Waals surface area contributed by atoms with E-state index < -0.39 is 10.0 Å². The molecule has 0 aromatic rings. The predicted molar refractivity (Wildman–Crippen MR) is 50.9 cm³/mol. The van der Waals surface area contributed by atoms with Crippen LogP contribution in [0.4, 0.5) is 0 Å². The van der Waals surface area contributed by atoms with Crippen molar-refractivity contribution in [2.24, 2.45) is 0 Å². The molecule has 1 aliphatic rings. The molecule has 0 saturated carbocycles. The standard InChI is InChI=1S/C8H17NO3S/c1-13(11,12)9-6-2-4-8(9)5-3-7-10/h8,10H,2-7H2,1H3. The van der Waals surface area contributed by atoms with E-state index in [0.29, 0.717) is 13.0 Å². The van der Waals surface area contributed by atoms with Gasteiger partial charge in [-0.3, -0.25) is 0 Å². The third kappa shape index (κ3) is 2.93. The predicted octanol–water partition coefficient (Wildman–Crippen LogP) is 0.183. The lowest BCUT2D eigenvalue weighted by Crippen LogP contribution is -2.34. The molecule has 0 spiro atoms. The van der Waals surface area contributed by atoms with Crippen LogP contribution >= 0.6 is 0 Å². The summed E-state index contributed by atoms with van der Waals surface area (Å²) < 4.78 is 24.1. The lowest BCUT2D eigenvalue weighted by Gasteiger charge is -2.21. The summed E-state index contributed by atoms with van der Waals surface area (Å²) in [4.78, 5) is 0. The molecule has 0 bridgehead atoms. The average molecular weight is 207 g/mol.